The second-order valence-corrected chi connectivity index (χ2v) is 8.55. The van der Waals surface area contributed by atoms with Crippen molar-refractivity contribution >= 4 is 39.3 Å². The van der Waals surface area contributed by atoms with E-state index in [2.05, 4.69) is 26.6 Å². The summed E-state index contributed by atoms with van der Waals surface area (Å²) in [6.45, 7) is 2.09. The summed E-state index contributed by atoms with van der Waals surface area (Å²) in [6, 6.07) is 14.7. The maximum Gasteiger partial charge on any atom is 0.250 e. The van der Waals surface area contributed by atoms with Gasteiger partial charge in [-0.2, -0.15) is 0 Å². The average Bonchev–Trinajstić information content (AvgIpc) is 3.23. The maximum absolute atomic E-state index is 13.4. The number of carbonyl (C=O) groups is 3. The minimum atomic E-state index is -1.22. The van der Waals surface area contributed by atoms with Crippen LogP contribution in [-0.4, -0.2) is 28.7 Å². The Kier molecular flexibility index (Phi) is 3.76. The van der Waals surface area contributed by atoms with Gasteiger partial charge in [0.1, 0.15) is 5.54 Å². The molecular formula is C21H18BrN3O3. The Morgan fingerprint density at radius 3 is 2.57 bits per heavy atom. The zero-order valence-corrected chi connectivity index (χ0v) is 16.7. The third-order valence-corrected chi connectivity index (χ3v) is 6.59. The van der Waals surface area contributed by atoms with E-state index in [1.165, 1.54) is 4.90 Å². The zero-order chi connectivity index (χ0) is 19.6. The highest BCUT2D eigenvalue weighted by Crippen LogP contribution is 2.53. The second kappa shape index (κ2) is 5.99. The van der Waals surface area contributed by atoms with Gasteiger partial charge in [-0.25, -0.2) is 0 Å². The van der Waals surface area contributed by atoms with Crippen LogP contribution in [-0.2, 0) is 26.5 Å². The first-order chi connectivity index (χ1) is 13.4. The summed E-state index contributed by atoms with van der Waals surface area (Å²) < 4.78 is 0.818. The third-order valence-electron chi connectivity index (χ3n) is 6.10. The van der Waals surface area contributed by atoms with Crippen LogP contribution in [0.25, 0.3) is 0 Å². The van der Waals surface area contributed by atoms with E-state index in [1.807, 2.05) is 55.5 Å². The summed E-state index contributed by atoms with van der Waals surface area (Å²) in [6.07, 6.45) is 0. The van der Waals surface area contributed by atoms with Gasteiger partial charge in [-0.3, -0.25) is 24.6 Å². The predicted molar refractivity (Wildman–Crippen MR) is 106 cm³/mol. The highest BCUT2D eigenvalue weighted by atomic mass is 79.9. The summed E-state index contributed by atoms with van der Waals surface area (Å²) in [5.41, 5.74) is 1.06. The van der Waals surface area contributed by atoms with E-state index in [-0.39, 0.29) is 30.3 Å². The van der Waals surface area contributed by atoms with E-state index in [1.54, 1.807) is 0 Å². The molecule has 2 aromatic rings. The molecule has 0 bridgehead atoms. The van der Waals surface area contributed by atoms with Gasteiger partial charge in [0.15, 0.2) is 0 Å². The normalized spacial score (nSPS) is 30.7. The minimum Gasteiger partial charge on any atom is -0.324 e. The largest absolute Gasteiger partial charge is 0.324 e. The van der Waals surface area contributed by atoms with E-state index in [0.29, 0.717) is 11.3 Å². The first-order valence-electron chi connectivity index (χ1n) is 9.22. The number of fused-ring (bicyclic) bond motifs is 4. The van der Waals surface area contributed by atoms with E-state index >= 15 is 0 Å². The molecule has 2 saturated heterocycles. The number of anilines is 1. The predicted octanol–water partition coefficient (Wildman–Crippen LogP) is 2.39. The standard InChI is InChI=1S/C21H18BrN3O3/c1-11-16-17(19(27)25(18(16)26)10-12-5-3-2-4-6-12)21(24-11)14-9-13(22)7-8-15(14)23-20(21)28/h2-9,11,16-17,24H,10H2,1H3,(H,23,28)/t11-,16-,17+,21-/m0/s1. The van der Waals surface area contributed by atoms with Crippen LogP contribution < -0.4 is 10.6 Å². The fourth-order valence-electron chi connectivity index (χ4n) is 4.92. The quantitative estimate of drug-likeness (QED) is 0.704. The molecule has 0 aromatic heterocycles. The Morgan fingerprint density at radius 2 is 1.82 bits per heavy atom. The van der Waals surface area contributed by atoms with Crippen LogP contribution in [0.4, 0.5) is 5.69 Å². The Morgan fingerprint density at radius 1 is 1.07 bits per heavy atom. The Bertz CT molecular complexity index is 1020. The summed E-state index contributed by atoms with van der Waals surface area (Å²) in [5, 5.41) is 6.19. The lowest BCUT2D eigenvalue weighted by Crippen LogP contribution is -2.52. The van der Waals surface area contributed by atoms with Crippen LogP contribution in [0.1, 0.15) is 18.1 Å². The molecule has 3 aliphatic rings. The van der Waals surface area contributed by atoms with Crippen molar-refractivity contribution in [3.05, 3.63) is 64.1 Å². The van der Waals surface area contributed by atoms with E-state index < -0.39 is 17.4 Å². The lowest BCUT2D eigenvalue weighted by Gasteiger charge is -2.29. The van der Waals surface area contributed by atoms with Gasteiger partial charge < -0.3 is 5.32 Å². The number of rotatable bonds is 2. The molecule has 3 heterocycles. The lowest BCUT2D eigenvalue weighted by atomic mass is 9.76. The number of likely N-dealkylation sites (tertiary alicyclic amines) is 1. The molecule has 2 fully saturated rings. The van der Waals surface area contributed by atoms with Gasteiger partial charge >= 0.3 is 0 Å². The molecular weight excluding hydrogens is 422 g/mol. The Hall–Kier alpha value is -2.51. The minimum absolute atomic E-state index is 0.216. The van der Waals surface area contributed by atoms with E-state index in [0.717, 1.165) is 10.0 Å². The van der Waals surface area contributed by atoms with Crippen LogP contribution in [0, 0.1) is 11.8 Å². The molecule has 0 radical (unpaired) electrons. The zero-order valence-electron chi connectivity index (χ0n) is 15.1. The fourth-order valence-corrected chi connectivity index (χ4v) is 5.28. The van der Waals surface area contributed by atoms with Gasteiger partial charge in [0, 0.05) is 21.8 Å². The van der Waals surface area contributed by atoms with Crippen molar-refractivity contribution in [1.29, 1.82) is 0 Å². The molecule has 6 nitrogen and oxygen atoms in total. The summed E-state index contributed by atoms with van der Waals surface area (Å²) in [4.78, 5) is 41.0. The number of halogens is 1. The molecule has 2 N–H and O–H groups in total. The number of nitrogens with zero attached hydrogens (tertiary/aromatic N) is 1. The van der Waals surface area contributed by atoms with Crippen LogP contribution in [0.15, 0.2) is 53.0 Å². The SMILES string of the molecule is C[C@@H]1N[C@]2(C(=O)Nc3ccc(Br)cc32)[C@H]2C(=O)N(Cc3ccccc3)C(=O)[C@@H]12. The summed E-state index contributed by atoms with van der Waals surface area (Å²) >= 11 is 3.46. The second-order valence-electron chi connectivity index (χ2n) is 7.64. The van der Waals surface area contributed by atoms with Gasteiger partial charge in [0.05, 0.1) is 18.4 Å². The van der Waals surface area contributed by atoms with Crippen LogP contribution >= 0.6 is 15.9 Å². The Labute approximate surface area is 170 Å². The Balaban J connectivity index is 1.60. The van der Waals surface area contributed by atoms with Crippen LogP contribution in [0.2, 0.25) is 0 Å². The highest BCUT2D eigenvalue weighted by Gasteiger charge is 2.69. The number of amides is 3. The van der Waals surface area contributed by atoms with Gasteiger partial charge in [0.2, 0.25) is 17.7 Å². The van der Waals surface area contributed by atoms with Gasteiger partial charge in [-0.05, 0) is 30.7 Å². The molecule has 7 heteroatoms. The monoisotopic (exact) mass is 439 g/mol. The molecule has 142 valence electrons. The van der Waals surface area contributed by atoms with Crippen LogP contribution in [0.5, 0.6) is 0 Å². The third kappa shape index (κ3) is 2.20. The molecule has 2 aromatic carbocycles. The number of benzene rings is 2. The number of carbonyl (C=O) groups excluding carboxylic acids is 3. The lowest BCUT2D eigenvalue weighted by molar-refractivity contribution is -0.143. The van der Waals surface area contributed by atoms with Crippen LogP contribution in [0.3, 0.4) is 0 Å². The van der Waals surface area contributed by atoms with E-state index in [4.69, 9.17) is 0 Å². The number of nitrogens with one attached hydrogen (secondary N) is 2. The van der Waals surface area contributed by atoms with E-state index in [9.17, 15) is 14.4 Å². The highest BCUT2D eigenvalue weighted by molar-refractivity contribution is 9.10. The van der Waals surface area contributed by atoms with Crippen molar-refractivity contribution in [1.82, 2.24) is 10.2 Å². The molecule has 3 amide bonds. The topological polar surface area (TPSA) is 78.5 Å². The first kappa shape index (κ1) is 17.6. The van der Waals surface area contributed by atoms with Gasteiger partial charge in [-0.15, -0.1) is 0 Å². The molecule has 0 aliphatic carbocycles. The number of hydrogen-bond donors (Lipinski definition) is 2. The van der Waals surface area contributed by atoms with Crippen molar-refractivity contribution in [3.63, 3.8) is 0 Å². The fraction of sp³-hybridized carbons (Fsp3) is 0.286. The average molecular weight is 440 g/mol. The van der Waals surface area contributed by atoms with Crippen molar-refractivity contribution in [2.45, 2.75) is 25.0 Å². The molecule has 5 rings (SSSR count). The van der Waals surface area contributed by atoms with Crippen molar-refractivity contribution in [2.24, 2.45) is 11.8 Å². The molecule has 28 heavy (non-hydrogen) atoms. The maximum atomic E-state index is 13.4. The molecule has 4 atom stereocenters. The van der Waals surface area contributed by atoms with Gasteiger partial charge in [0.25, 0.3) is 0 Å². The molecule has 0 unspecified atom stereocenters. The molecule has 0 saturated carbocycles. The first-order valence-corrected chi connectivity index (χ1v) is 10.0. The number of imide groups is 1. The van der Waals surface area contributed by atoms with Crippen molar-refractivity contribution in [2.75, 3.05) is 5.32 Å². The molecule has 3 aliphatic heterocycles. The summed E-state index contributed by atoms with van der Waals surface area (Å²) in [5.74, 6) is -2.10. The number of hydrogen-bond acceptors (Lipinski definition) is 4. The van der Waals surface area contributed by atoms with Crippen molar-refractivity contribution < 1.29 is 14.4 Å². The smallest absolute Gasteiger partial charge is 0.250 e. The summed E-state index contributed by atoms with van der Waals surface area (Å²) in [7, 11) is 0. The molecule has 1 spiro atoms. The van der Waals surface area contributed by atoms with Gasteiger partial charge in [-0.1, -0.05) is 46.3 Å². The van der Waals surface area contributed by atoms with Crippen molar-refractivity contribution in [3.8, 4) is 0 Å².